The molecule has 1 aliphatic heterocycles. The van der Waals surface area contributed by atoms with Gasteiger partial charge in [0, 0.05) is 25.2 Å². The van der Waals surface area contributed by atoms with Crippen LogP contribution in [0.25, 0.3) is 0 Å². The number of aromatic nitrogens is 2. The van der Waals surface area contributed by atoms with E-state index in [1.54, 1.807) is 32.4 Å². The molecule has 1 aliphatic rings. The highest BCUT2D eigenvalue weighted by Crippen LogP contribution is 2.29. The molecular weight excluding hydrogens is 392 g/mol. The summed E-state index contributed by atoms with van der Waals surface area (Å²) in [4.78, 5) is 23.2. The molecule has 1 amide bonds. The third-order valence-electron chi connectivity index (χ3n) is 4.41. The molecule has 2 aromatic rings. The van der Waals surface area contributed by atoms with Gasteiger partial charge in [0.2, 0.25) is 5.91 Å². The average Bonchev–Trinajstić information content (AvgIpc) is 2.72. The molecule has 1 aromatic carbocycles. The Labute approximate surface area is 175 Å². The van der Waals surface area contributed by atoms with E-state index in [0.29, 0.717) is 17.2 Å². The lowest BCUT2D eigenvalue weighted by atomic mass is 10.2. The van der Waals surface area contributed by atoms with Gasteiger partial charge in [0.15, 0.2) is 0 Å². The van der Waals surface area contributed by atoms with Gasteiger partial charge in [-0.25, -0.2) is 9.97 Å². The number of benzene rings is 1. The molecule has 29 heavy (non-hydrogen) atoms. The van der Waals surface area contributed by atoms with E-state index < -0.39 is 0 Å². The van der Waals surface area contributed by atoms with Crippen molar-refractivity contribution in [2.24, 2.45) is 0 Å². The number of methoxy groups -OCH3 is 2. The summed E-state index contributed by atoms with van der Waals surface area (Å²) in [7, 11) is 3.13. The second kappa shape index (κ2) is 9.80. The standard InChI is InChI=1S/C20H26N4O4S/c1-13-9-24(10-14(2)28-13)18-8-20(22-12-21-18)29-11-19(25)23-16-6-5-15(26-3)7-17(16)27-4/h5-8,12-14H,9-11H2,1-4H3,(H,23,25). The summed E-state index contributed by atoms with van der Waals surface area (Å²) in [6.07, 6.45) is 1.83. The average molecular weight is 419 g/mol. The van der Waals surface area contributed by atoms with Crippen molar-refractivity contribution < 1.29 is 19.0 Å². The normalized spacial score (nSPS) is 19.0. The first-order chi connectivity index (χ1) is 14.0. The number of nitrogens with one attached hydrogen (secondary N) is 1. The molecule has 2 unspecified atom stereocenters. The number of hydrogen-bond acceptors (Lipinski definition) is 8. The predicted molar refractivity (Wildman–Crippen MR) is 113 cm³/mol. The van der Waals surface area contributed by atoms with E-state index in [1.165, 1.54) is 18.1 Å². The summed E-state index contributed by atoms with van der Waals surface area (Å²) in [6.45, 7) is 5.67. The van der Waals surface area contributed by atoms with Crippen LogP contribution in [-0.2, 0) is 9.53 Å². The smallest absolute Gasteiger partial charge is 0.234 e. The van der Waals surface area contributed by atoms with Crippen LogP contribution in [0.3, 0.4) is 0 Å². The van der Waals surface area contributed by atoms with E-state index >= 15 is 0 Å². The van der Waals surface area contributed by atoms with Gasteiger partial charge in [0.05, 0.1) is 37.9 Å². The maximum atomic E-state index is 12.4. The molecule has 0 radical (unpaired) electrons. The Morgan fingerprint density at radius 2 is 1.97 bits per heavy atom. The van der Waals surface area contributed by atoms with Gasteiger partial charge >= 0.3 is 0 Å². The van der Waals surface area contributed by atoms with Crippen LogP contribution in [0.1, 0.15) is 13.8 Å². The van der Waals surface area contributed by atoms with E-state index in [9.17, 15) is 4.79 Å². The molecule has 3 rings (SSSR count). The number of thioether (sulfide) groups is 1. The van der Waals surface area contributed by atoms with Crippen molar-refractivity contribution >= 4 is 29.2 Å². The third kappa shape index (κ3) is 5.74. The van der Waals surface area contributed by atoms with Gasteiger partial charge in [-0.05, 0) is 26.0 Å². The summed E-state index contributed by atoms with van der Waals surface area (Å²) in [5, 5.41) is 3.61. The van der Waals surface area contributed by atoms with Crippen LogP contribution in [0.4, 0.5) is 11.5 Å². The zero-order chi connectivity index (χ0) is 20.8. The van der Waals surface area contributed by atoms with Crippen LogP contribution in [0.2, 0.25) is 0 Å². The lowest BCUT2D eigenvalue weighted by Gasteiger charge is -2.36. The molecule has 0 saturated carbocycles. The van der Waals surface area contributed by atoms with Gasteiger partial charge in [-0.15, -0.1) is 0 Å². The Balaban J connectivity index is 1.59. The largest absolute Gasteiger partial charge is 0.497 e. The van der Waals surface area contributed by atoms with Gasteiger partial charge in [-0.2, -0.15) is 0 Å². The summed E-state index contributed by atoms with van der Waals surface area (Å²) >= 11 is 1.36. The Kier molecular flexibility index (Phi) is 7.16. The molecule has 2 heterocycles. The summed E-state index contributed by atoms with van der Waals surface area (Å²) in [5.74, 6) is 2.13. The molecule has 156 valence electrons. The fourth-order valence-corrected chi connectivity index (χ4v) is 3.84. The van der Waals surface area contributed by atoms with Crippen LogP contribution in [0.5, 0.6) is 11.5 Å². The minimum Gasteiger partial charge on any atom is -0.497 e. The maximum Gasteiger partial charge on any atom is 0.234 e. The van der Waals surface area contributed by atoms with E-state index in [0.717, 1.165) is 23.9 Å². The van der Waals surface area contributed by atoms with Gasteiger partial charge in [-0.1, -0.05) is 11.8 Å². The van der Waals surface area contributed by atoms with Crippen molar-refractivity contribution in [1.82, 2.24) is 9.97 Å². The van der Waals surface area contributed by atoms with Crippen LogP contribution >= 0.6 is 11.8 Å². The van der Waals surface area contributed by atoms with E-state index in [2.05, 4.69) is 34.0 Å². The first-order valence-corrected chi connectivity index (χ1v) is 10.3. The highest BCUT2D eigenvalue weighted by Gasteiger charge is 2.23. The number of morpholine rings is 1. The molecule has 8 nitrogen and oxygen atoms in total. The fraction of sp³-hybridized carbons (Fsp3) is 0.450. The van der Waals surface area contributed by atoms with Crippen LogP contribution in [0, 0.1) is 0 Å². The van der Waals surface area contributed by atoms with Crippen LogP contribution < -0.4 is 19.7 Å². The molecule has 0 aliphatic carbocycles. The van der Waals surface area contributed by atoms with E-state index in [1.807, 2.05) is 6.07 Å². The molecule has 1 saturated heterocycles. The monoisotopic (exact) mass is 418 g/mol. The highest BCUT2D eigenvalue weighted by atomic mass is 32.2. The Hall–Kier alpha value is -2.52. The van der Waals surface area contributed by atoms with Crippen molar-refractivity contribution in [3.8, 4) is 11.5 Å². The molecule has 1 fully saturated rings. The first-order valence-electron chi connectivity index (χ1n) is 9.35. The SMILES string of the molecule is COc1ccc(NC(=O)CSc2cc(N3CC(C)OC(C)C3)ncn2)c(OC)c1. The molecule has 1 N–H and O–H groups in total. The lowest BCUT2D eigenvalue weighted by molar-refractivity contribution is -0.113. The molecule has 2 atom stereocenters. The van der Waals surface area contributed by atoms with Crippen LogP contribution in [-0.4, -0.2) is 61.1 Å². The van der Waals surface area contributed by atoms with Gasteiger partial charge in [0.25, 0.3) is 0 Å². The topological polar surface area (TPSA) is 85.8 Å². The lowest BCUT2D eigenvalue weighted by Crippen LogP contribution is -2.45. The summed E-state index contributed by atoms with van der Waals surface area (Å²) < 4.78 is 16.3. The zero-order valence-electron chi connectivity index (χ0n) is 17.0. The number of rotatable bonds is 7. The second-order valence-electron chi connectivity index (χ2n) is 6.78. The number of carbonyl (C=O) groups excluding carboxylic acids is 1. The Bertz CT molecular complexity index is 841. The predicted octanol–water partition coefficient (Wildman–Crippen LogP) is 2.84. The van der Waals surface area contributed by atoms with Gasteiger partial charge in [-0.3, -0.25) is 4.79 Å². The van der Waals surface area contributed by atoms with E-state index in [4.69, 9.17) is 14.2 Å². The van der Waals surface area contributed by atoms with Gasteiger partial charge in [0.1, 0.15) is 28.7 Å². The van der Waals surface area contributed by atoms with Crippen molar-refractivity contribution in [2.45, 2.75) is 31.1 Å². The minimum atomic E-state index is -0.146. The first kappa shape index (κ1) is 21.2. The number of amides is 1. The van der Waals surface area contributed by atoms with Crippen LogP contribution in [0.15, 0.2) is 35.6 Å². The molecule has 1 aromatic heterocycles. The summed E-state index contributed by atoms with van der Waals surface area (Å²) in [5.41, 5.74) is 0.596. The Morgan fingerprint density at radius 1 is 1.21 bits per heavy atom. The van der Waals surface area contributed by atoms with Crippen molar-refractivity contribution in [3.63, 3.8) is 0 Å². The number of hydrogen-bond donors (Lipinski definition) is 1. The molecule has 0 spiro atoms. The minimum absolute atomic E-state index is 0.146. The number of nitrogens with zero attached hydrogens (tertiary/aromatic N) is 3. The van der Waals surface area contributed by atoms with Crippen molar-refractivity contribution in [2.75, 3.05) is 43.3 Å². The zero-order valence-corrected chi connectivity index (χ0v) is 17.9. The molecule has 9 heteroatoms. The van der Waals surface area contributed by atoms with E-state index in [-0.39, 0.29) is 23.9 Å². The van der Waals surface area contributed by atoms with Crippen molar-refractivity contribution in [1.29, 1.82) is 0 Å². The highest BCUT2D eigenvalue weighted by molar-refractivity contribution is 7.99. The van der Waals surface area contributed by atoms with Crippen molar-refractivity contribution in [3.05, 3.63) is 30.6 Å². The quantitative estimate of drug-likeness (QED) is 0.543. The second-order valence-corrected chi connectivity index (χ2v) is 7.78. The molecular formula is C20H26N4O4S. The molecule has 0 bridgehead atoms. The van der Waals surface area contributed by atoms with Gasteiger partial charge < -0.3 is 24.4 Å². The third-order valence-corrected chi connectivity index (χ3v) is 5.33. The number of ether oxygens (including phenoxy) is 3. The number of anilines is 2. The summed E-state index contributed by atoms with van der Waals surface area (Å²) in [6, 6.07) is 7.16. The maximum absolute atomic E-state index is 12.4. The Morgan fingerprint density at radius 3 is 2.66 bits per heavy atom. The number of carbonyl (C=O) groups is 1. The fourth-order valence-electron chi connectivity index (χ4n) is 3.17.